The van der Waals surface area contributed by atoms with Crippen LogP contribution in [0.1, 0.15) is 22.5 Å². The smallest absolute Gasteiger partial charge is 0.301 e. The second kappa shape index (κ2) is 7.87. The molecule has 0 aliphatic rings. The van der Waals surface area contributed by atoms with E-state index in [0.29, 0.717) is 16.5 Å². The molecule has 3 aromatic rings. The van der Waals surface area contributed by atoms with Gasteiger partial charge in [-0.3, -0.25) is 4.79 Å². The topological polar surface area (TPSA) is 71.5 Å². The third kappa shape index (κ3) is 5.13. The molecule has 0 aliphatic heterocycles. The lowest BCUT2D eigenvalue weighted by Crippen LogP contribution is -2.15. The van der Waals surface area contributed by atoms with Crippen LogP contribution in [0.5, 0.6) is 0 Å². The molecule has 10 heteroatoms. The van der Waals surface area contributed by atoms with Crippen LogP contribution in [0.15, 0.2) is 52.8 Å². The first-order valence-corrected chi connectivity index (χ1v) is 8.63. The highest BCUT2D eigenvalue weighted by Gasteiger charge is 2.34. The first-order chi connectivity index (χ1) is 12.8. The maximum absolute atomic E-state index is 12.9. The van der Waals surface area contributed by atoms with Crippen LogP contribution in [-0.4, -0.2) is 19.9 Å². The van der Waals surface area contributed by atoms with Gasteiger partial charge in [0.15, 0.2) is 5.16 Å². The van der Waals surface area contributed by atoms with Gasteiger partial charge in [0.25, 0.3) is 5.56 Å². The van der Waals surface area contributed by atoms with Crippen LogP contribution in [-0.2, 0) is 18.3 Å². The fraction of sp³-hybridized carbons (Fsp3) is 0.176. The van der Waals surface area contributed by atoms with Gasteiger partial charge in [0.2, 0.25) is 5.82 Å². The third-order valence-corrected chi connectivity index (χ3v) is 4.45. The summed E-state index contributed by atoms with van der Waals surface area (Å²) in [6.45, 7) is 0. The molecule has 0 bridgehead atoms. The number of halogens is 4. The Balaban J connectivity index is 1.66. The van der Waals surface area contributed by atoms with E-state index in [-0.39, 0.29) is 17.8 Å². The molecule has 0 aliphatic carbocycles. The summed E-state index contributed by atoms with van der Waals surface area (Å²) in [4.78, 5) is 25.4. The van der Waals surface area contributed by atoms with Crippen molar-refractivity contribution in [1.82, 2.24) is 19.9 Å². The molecule has 1 N–H and O–H groups in total. The monoisotopic (exact) mass is 396 g/mol. The van der Waals surface area contributed by atoms with E-state index >= 15 is 0 Å². The Morgan fingerprint density at radius 1 is 0.963 bits per heavy atom. The minimum Gasteiger partial charge on any atom is -0.301 e. The summed E-state index contributed by atoms with van der Waals surface area (Å²) in [6.07, 6.45) is -1.12. The van der Waals surface area contributed by atoms with Gasteiger partial charge >= 0.3 is 6.18 Å². The van der Waals surface area contributed by atoms with Crippen molar-refractivity contribution in [1.29, 1.82) is 0 Å². The van der Waals surface area contributed by atoms with Crippen molar-refractivity contribution in [2.45, 2.75) is 23.5 Å². The summed E-state index contributed by atoms with van der Waals surface area (Å²) in [5, 5.41) is 0.386. The highest BCUT2D eigenvalue weighted by Crippen LogP contribution is 2.25. The SMILES string of the molecule is O=c1[nH]c(SCc2ccc(F)cc2)ncc1Cc1cnc(C(F)(F)F)nc1. The van der Waals surface area contributed by atoms with Gasteiger partial charge in [-0.25, -0.2) is 19.3 Å². The van der Waals surface area contributed by atoms with Crippen molar-refractivity contribution in [3.8, 4) is 0 Å². The van der Waals surface area contributed by atoms with E-state index in [0.717, 1.165) is 18.0 Å². The van der Waals surface area contributed by atoms with Crippen LogP contribution in [0.3, 0.4) is 0 Å². The number of hydrogen-bond donors (Lipinski definition) is 1. The summed E-state index contributed by atoms with van der Waals surface area (Å²) < 4.78 is 50.3. The zero-order valence-corrected chi connectivity index (χ0v) is 14.4. The fourth-order valence-electron chi connectivity index (χ4n) is 2.15. The van der Waals surface area contributed by atoms with E-state index in [2.05, 4.69) is 19.9 Å². The maximum Gasteiger partial charge on any atom is 0.451 e. The third-order valence-electron chi connectivity index (χ3n) is 3.49. The van der Waals surface area contributed by atoms with Crippen molar-refractivity contribution in [3.63, 3.8) is 0 Å². The van der Waals surface area contributed by atoms with Crippen LogP contribution >= 0.6 is 11.8 Å². The minimum absolute atomic E-state index is 0.0589. The van der Waals surface area contributed by atoms with E-state index in [4.69, 9.17) is 0 Å². The summed E-state index contributed by atoms with van der Waals surface area (Å²) in [7, 11) is 0. The van der Waals surface area contributed by atoms with Crippen LogP contribution < -0.4 is 5.56 Å². The average molecular weight is 396 g/mol. The molecule has 0 amide bonds. The van der Waals surface area contributed by atoms with E-state index < -0.39 is 17.6 Å². The zero-order valence-electron chi connectivity index (χ0n) is 13.6. The predicted octanol–water partition coefficient (Wildman–Crippen LogP) is 3.60. The van der Waals surface area contributed by atoms with Crippen molar-refractivity contribution in [2.24, 2.45) is 0 Å². The van der Waals surface area contributed by atoms with Crippen LogP contribution in [0, 0.1) is 5.82 Å². The molecule has 2 heterocycles. The fourth-order valence-corrected chi connectivity index (χ4v) is 2.94. The van der Waals surface area contributed by atoms with Gasteiger partial charge in [0.1, 0.15) is 5.82 Å². The lowest BCUT2D eigenvalue weighted by atomic mass is 10.1. The van der Waals surface area contributed by atoms with E-state index in [1.54, 1.807) is 12.1 Å². The number of aromatic amines is 1. The minimum atomic E-state index is -4.61. The Kier molecular flexibility index (Phi) is 5.54. The molecular weight excluding hydrogens is 384 g/mol. The Labute approximate surface area is 154 Å². The number of benzene rings is 1. The number of nitrogens with one attached hydrogen (secondary N) is 1. The molecule has 27 heavy (non-hydrogen) atoms. The molecule has 5 nitrogen and oxygen atoms in total. The highest BCUT2D eigenvalue weighted by molar-refractivity contribution is 7.98. The quantitative estimate of drug-likeness (QED) is 0.405. The maximum atomic E-state index is 12.9. The molecule has 2 aromatic heterocycles. The first kappa shape index (κ1) is 19.0. The number of hydrogen-bond acceptors (Lipinski definition) is 5. The molecule has 0 radical (unpaired) electrons. The average Bonchev–Trinajstić information content (AvgIpc) is 2.63. The van der Waals surface area contributed by atoms with Gasteiger partial charge in [-0.15, -0.1) is 0 Å². The highest BCUT2D eigenvalue weighted by atomic mass is 32.2. The van der Waals surface area contributed by atoms with E-state index in [1.807, 2.05) is 0 Å². The molecule has 0 spiro atoms. The number of rotatable bonds is 5. The van der Waals surface area contributed by atoms with Crippen molar-refractivity contribution >= 4 is 11.8 Å². The van der Waals surface area contributed by atoms with Gasteiger partial charge in [0.05, 0.1) is 0 Å². The van der Waals surface area contributed by atoms with Crippen molar-refractivity contribution in [2.75, 3.05) is 0 Å². The molecule has 3 rings (SSSR count). The van der Waals surface area contributed by atoms with Gasteiger partial charge in [-0.2, -0.15) is 13.2 Å². The van der Waals surface area contributed by atoms with Gasteiger partial charge < -0.3 is 4.98 Å². The Bertz CT molecular complexity index is 972. The molecule has 0 saturated carbocycles. The van der Waals surface area contributed by atoms with E-state index in [9.17, 15) is 22.4 Å². The molecule has 1 aromatic carbocycles. The summed E-state index contributed by atoms with van der Waals surface area (Å²) in [6, 6.07) is 5.97. The summed E-state index contributed by atoms with van der Waals surface area (Å²) >= 11 is 1.27. The number of H-pyrrole nitrogens is 1. The lowest BCUT2D eigenvalue weighted by molar-refractivity contribution is -0.145. The Morgan fingerprint density at radius 2 is 1.63 bits per heavy atom. The van der Waals surface area contributed by atoms with Gasteiger partial charge in [-0.05, 0) is 23.3 Å². The molecule has 0 saturated heterocycles. The molecular formula is C17H12F4N4OS. The van der Waals surface area contributed by atoms with Gasteiger partial charge in [0, 0.05) is 36.3 Å². The number of alkyl halides is 3. The van der Waals surface area contributed by atoms with Crippen molar-refractivity contribution < 1.29 is 17.6 Å². The molecule has 0 unspecified atom stereocenters. The van der Waals surface area contributed by atoms with Crippen molar-refractivity contribution in [3.05, 3.63) is 81.5 Å². The predicted molar refractivity (Wildman–Crippen MR) is 90.7 cm³/mol. The molecule has 140 valence electrons. The number of aromatic nitrogens is 4. The first-order valence-electron chi connectivity index (χ1n) is 7.65. The van der Waals surface area contributed by atoms with Gasteiger partial charge in [-0.1, -0.05) is 23.9 Å². The molecule has 0 atom stereocenters. The standard InChI is InChI=1S/C17H12F4N4OS/c18-13-3-1-10(2-4-13)9-27-16-24-8-12(14(26)25-16)5-11-6-22-15(23-7-11)17(19,20)21/h1-4,6-8H,5,9H2,(H,24,25,26). The normalized spacial score (nSPS) is 11.6. The largest absolute Gasteiger partial charge is 0.451 e. The Morgan fingerprint density at radius 3 is 2.22 bits per heavy atom. The summed E-state index contributed by atoms with van der Waals surface area (Å²) in [5.74, 6) is -1.06. The number of nitrogens with zero attached hydrogens (tertiary/aromatic N) is 3. The summed E-state index contributed by atoms with van der Waals surface area (Å²) in [5.41, 5.74) is 1.12. The second-order valence-corrected chi connectivity index (χ2v) is 6.51. The van der Waals surface area contributed by atoms with Crippen LogP contribution in [0.25, 0.3) is 0 Å². The second-order valence-electron chi connectivity index (χ2n) is 5.55. The zero-order chi connectivity index (χ0) is 19.4. The van der Waals surface area contributed by atoms with E-state index in [1.165, 1.54) is 30.1 Å². The molecule has 0 fully saturated rings. The van der Waals surface area contributed by atoms with Crippen LogP contribution in [0.2, 0.25) is 0 Å². The lowest BCUT2D eigenvalue weighted by Gasteiger charge is -2.06. The number of thioether (sulfide) groups is 1. The van der Waals surface area contributed by atoms with Crippen LogP contribution in [0.4, 0.5) is 17.6 Å². The Hall–Kier alpha value is -2.75.